The maximum absolute atomic E-state index is 14.8. The van der Waals surface area contributed by atoms with Gasteiger partial charge in [0.2, 0.25) is 0 Å². The number of hydrogen-bond donors (Lipinski definition) is 6. The van der Waals surface area contributed by atoms with Gasteiger partial charge < -0.3 is 65.3 Å². The third-order valence-electron chi connectivity index (χ3n) is 12.8. The first-order valence-electron chi connectivity index (χ1n) is 23.3. The zero-order valence-corrected chi connectivity index (χ0v) is 43.4. The van der Waals surface area contributed by atoms with Gasteiger partial charge in [-0.25, -0.2) is 0 Å². The van der Waals surface area contributed by atoms with E-state index in [9.17, 15) is 39.6 Å². The molecule has 8 aromatic carbocycles. The molecule has 2 aliphatic rings. The second-order valence-electron chi connectivity index (χ2n) is 17.3. The van der Waals surface area contributed by atoms with Gasteiger partial charge in [-0.2, -0.15) is 0 Å². The van der Waals surface area contributed by atoms with Crippen LogP contribution in [-0.4, -0.2) is 70.9 Å². The van der Waals surface area contributed by atoms with Crippen molar-refractivity contribution in [2.24, 2.45) is 20.5 Å². The number of anilines is 2. The minimum absolute atomic E-state index is 0. The Morgan fingerprint density at radius 1 is 0.403 bits per heavy atom. The molecule has 6 N–H and O–H groups in total. The van der Waals surface area contributed by atoms with Crippen LogP contribution in [0, 0.1) is 0 Å². The summed E-state index contributed by atoms with van der Waals surface area (Å²) in [6, 6.07) is 38.8. The van der Waals surface area contributed by atoms with Gasteiger partial charge >= 0.3 is 16.8 Å². The molecule has 10 rings (SSSR count). The number of aromatic hydroxyl groups is 4. The Hall–Kier alpha value is -8.87. The standard InChI is InChI=1S/C58H44N6O10.2ClH.Co/c1-73-49-27-31(11-17-43(49)63-61-41-19-13-33(65)29-47(41)67)23-25-59-45-21-15-35(51-53(45)57(71)39-9-5-3-7-37(39)55(51)69)36-16-22-46(54-52(36)56(70)38-8-4-6-10-40(38)58(54)72)60-26-24-32-12-18-44(50(28-32)74-2)64-62-42-20-14-34(66)30-48(42)68;;;/h3-22,27-30,59-60,65-68H,23-26H2,1-2H3;2*1H;/q;;;+2/p-2. The summed E-state index contributed by atoms with van der Waals surface area (Å²) in [6.45, 7) is 0.655. The molecule has 8 aromatic rings. The van der Waals surface area contributed by atoms with Crippen LogP contribution in [0.15, 0.2) is 166 Å². The Bertz CT molecular complexity index is 3480. The number of ether oxygens (including phenoxy) is 2. The molecule has 389 valence electrons. The summed E-state index contributed by atoms with van der Waals surface area (Å²) in [6.07, 6.45) is 0.914. The van der Waals surface area contributed by atoms with Crippen LogP contribution in [0.1, 0.15) is 74.8 Å². The number of azo groups is 2. The zero-order valence-electron chi connectivity index (χ0n) is 40.8. The summed E-state index contributed by atoms with van der Waals surface area (Å²) in [4.78, 5) is 58.8. The monoisotopic (exact) mass is 1110 g/mol. The largest absolute Gasteiger partial charge is 2.00 e. The number of methoxy groups -OCH3 is 2. The van der Waals surface area contributed by atoms with Gasteiger partial charge in [-0.15, -0.1) is 20.5 Å². The molecule has 77 heavy (non-hydrogen) atoms. The number of rotatable bonds is 15. The van der Waals surface area contributed by atoms with Crippen molar-refractivity contribution in [1.29, 1.82) is 0 Å². The predicted octanol–water partition coefficient (Wildman–Crippen LogP) is 5.89. The second kappa shape index (κ2) is 23.8. The normalized spacial score (nSPS) is 12.1. The first kappa shape index (κ1) is 55.9. The number of fused-ring (bicyclic) bond motifs is 4. The molecule has 0 amide bonds. The minimum atomic E-state index is -0.406. The fourth-order valence-electron chi connectivity index (χ4n) is 9.20. The van der Waals surface area contributed by atoms with Crippen molar-refractivity contribution < 1.29 is 90.7 Å². The average Bonchev–Trinajstić information content (AvgIpc) is 3.47. The Morgan fingerprint density at radius 3 is 1.09 bits per heavy atom. The topological polar surface area (TPSA) is 241 Å². The predicted molar refractivity (Wildman–Crippen MR) is 277 cm³/mol. The first-order chi connectivity index (χ1) is 35.9. The molecule has 0 saturated heterocycles. The summed E-state index contributed by atoms with van der Waals surface area (Å²) in [5.41, 5.74) is 5.72. The molecule has 0 unspecified atom stereocenters. The molecular weight excluding hydrogens is 1070 g/mol. The van der Waals surface area contributed by atoms with E-state index < -0.39 is 11.6 Å². The number of nitrogens with zero attached hydrogens (tertiary/aromatic N) is 4. The van der Waals surface area contributed by atoms with Gasteiger partial charge in [0.15, 0.2) is 23.1 Å². The van der Waals surface area contributed by atoms with Crippen LogP contribution in [0.3, 0.4) is 0 Å². The van der Waals surface area contributed by atoms with Crippen LogP contribution in [0.5, 0.6) is 34.5 Å². The zero-order chi connectivity index (χ0) is 51.6. The number of phenolic OH excluding ortho intramolecular Hbond substituents is 4. The van der Waals surface area contributed by atoms with Crippen LogP contribution in [0.25, 0.3) is 11.1 Å². The Morgan fingerprint density at radius 2 is 0.740 bits per heavy atom. The van der Waals surface area contributed by atoms with Crippen LogP contribution in [-0.2, 0) is 29.6 Å². The quantitative estimate of drug-likeness (QED) is 0.0659. The fraction of sp³-hybridized carbons (Fsp3) is 0.103. The van der Waals surface area contributed by atoms with E-state index in [1.165, 1.54) is 38.5 Å². The van der Waals surface area contributed by atoms with E-state index in [1.807, 2.05) is 12.1 Å². The Labute approximate surface area is 463 Å². The molecule has 0 saturated carbocycles. The maximum Gasteiger partial charge on any atom is 2.00 e. The van der Waals surface area contributed by atoms with Gasteiger partial charge in [0, 0.05) is 70.0 Å². The number of nitrogens with one attached hydrogen (secondary N) is 2. The number of ketones is 4. The third-order valence-corrected chi connectivity index (χ3v) is 12.8. The van der Waals surface area contributed by atoms with Crippen LogP contribution < -0.4 is 44.9 Å². The van der Waals surface area contributed by atoms with E-state index >= 15 is 0 Å². The maximum atomic E-state index is 14.8. The third kappa shape index (κ3) is 11.0. The average molecular weight is 1110 g/mol. The minimum Gasteiger partial charge on any atom is -1.00 e. The van der Waals surface area contributed by atoms with Gasteiger partial charge in [-0.3, -0.25) is 19.2 Å². The van der Waals surface area contributed by atoms with Gasteiger partial charge in [0.1, 0.15) is 57.2 Å². The molecule has 0 bridgehead atoms. The van der Waals surface area contributed by atoms with E-state index in [2.05, 4.69) is 31.1 Å². The summed E-state index contributed by atoms with van der Waals surface area (Å²) < 4.78 is 11.2. The molecule has 2 aliphatic carbocycles. The van der Waals surface area contributed by atoms with Gasteiger partial charge in [0.05, 0.1) is 25.3 Å². The van der Waals surface area contributed by atoms with Crippen LogP contribution in [0.4, 0.5) is 34.1 Å². The molecule has 19 heteroatoms. The molecule has 0 heterocycles. The van der Waals surface area contributed by atoms with E-state index in [0.717, 1.165) is 23.3 Å². The summed E-state index contributed by atoms with van der Waals surface area (Å²) >= 11 is 0. The number of benzene rings is 8. The van der Waals surface area contributed by atoms with Crippen LogP contribution >= 0.6 is 0 Å². The smallest absolute Gasteiger partial charge is 1.00 e. The van der Waals surface area contributed by atoms with Gasteiger partial charge in [0.25, 0.3) is 0 Å². The molecule has 0 aromatic heterocycles. The van der Waals surface area contributed by atoms with Crippen LogP contribution in [0.2, 0.25) is 0 Å². The molecule has 16 nitrogen and oxygen atoms in total. The van der Waals surface area contributed by atoms with Crippen molar-refractivity contribution >= 4 is 57.3 Å². The van der Waals surface area contributed by atoms with E-state index in [4.69, 9.17) is 9.47 Å². The number of hydrogen-bond acceptors (Lipinski definition) is 16. The number of carbonyl (C=O) groups excluding carboxylic acids is 4. The van der Waals surface area contributed by atoms with Crippen molar-refractivity contribution in [3.63, 3.8) is 0 Å². The first-order valence-corrected chi connectivity index (χ1v) is 23.3. The van der Waals surface area contributed by atoms with E-state index in [1.54, 1.807) is 97.1 Å². The molecule has 0 spiro atoms. The fourth-order valence-corrected chi connectivity index (χ4v) is 9.20. The van der Waals surface area contributed by atoms with E-state index in [0.29, 0.717) is 71.3 Å². The summed E-state index contributed by atoms with van der Waals surface area (Å²) in [5, 5.41) is 63.0. The Kier molecular flexibility index (Phi) is 17.2. The van der Waals surface area contributed by atoms with Crippen molar-refractivity contribution in [3.05, 3.63) is 201 Å². The molecular formula is C58H44Cl2CoN6O10. The molecule has 0 atom stereocenters. The van der Waals surface area contributed by atoms with Gasteiger partial charge in [-0.1, -0.05) is 72.8 Å². The number of halogens is 2. The molecule has 0 aliphatic heterocycles. The second-order valence-corrected chi connectivity index (χ2v) is 17.3. The molecule has 1 radical (unpaired) electrons. The summed E-state index contributed by atoms with van der Waals surface area (Å²) in [7, 11) is 3.00. The van der Waals surface area contributed by atoms with Crippen molar-refractivity contribution in [2.75, 3.05) is 37.9 Å². The van der Waals surface area contributed by atoms with E-state index in [-0.39, 0.29) is 132 Å². The van der Waals surface area contributed by atoms with Crippen molar-refractivity contribution in [1.82, 2.24) is 0 Å². The van der Waals surface area contributed by atoms with Crippen molar-refractivity contribution in [3.8, 4) is 45.6 Å². The SMILES string of the molecule is COc1cc(CCNc2ccc(-c3ccc(NCCc4ccc(N=Nc5ccc(O)cc5O)c(OC)c4)c4c3C(=O)c3ccccc3C4=O)c3c2C(=O)c2ccccc2C3=O)ccc1N=Nc1ccc(O)cc1O.[Cl-].[Cl-].[Co+2]. The summed E-state index contributed by atoms with van der Waals surface area (Å²) in [5.74, 6) is -1.40. The molecule has 0 fully saturated rings. The van der Waals surface area contributed by atoms with Crippen molar-refractivity contribution in [2.45, 2.75) is 12.8 Å². The number of phenols is 4. The number of carbonyl (C=O) groups is 4. The van der Waals surface area contributed by atoms with Gasteiger partial charge in [-0.05, 0) is 95.8 Å². The Balaban J connectivity index is 0.00000287.